The molecule has 3 atom stereocenters. The van der Waals surface area contributed by atoms with Crippen LogP contribution in [0, 0.1) is 6.92 Å². The van der Waals surface area contributed by atoms with Crippen molar-refractivity contribution < 1.29 is 13.2 Å². The minimum atomic E-state index is -3.52. The van der Waals surface area contributed by atoms with Crippen LogP contribution in [-0.4, -0.2) is 32.3 Å². The minimum absolute atomic E-state index is 0.105. The number of anilines is 1. The van der Waals surface area contributed by atoms with E-state index in [0.29, 0.717) is 22.7 Å². The Morgan fingerprint density at radius 3 is 2.59 bits per heavy atom. The first-order valence-electron chi connectivity index (χ1n) is 11.3. The molecule has 2 amide bonds. The first kappa shape index (κ1) is 26.0. The molecule has 0 saturated carbocycles. The average Bonchev–Trinajstić information content (AvgIpc) is 3.22. The van der Waals surface area contributed by atoms with E-state index in [9.17, 15) is 13.2 Å². The predicted molar refractivity (Wildman–Crippen MR) is 139 cm³/mol. The van der Waals surface area contributed by atoms with Gasteiger partial charge in [-0.1, -0.05) is 48.0 Å². The number of hydrogen-bond donors (Lipinski definition) is 3. The van der Waals surface area contributed by atoms with E-state index in [4.69, 9.17) is 11.6 Å². The maximum Gasteiger partial charge on any atom is 0.319 e. The molecular weight excluding hydrogens is 470 g/mol. The minimum Gasteiger partial charge on any atom is -0.331 e. The van der Waals surface area contributed by atoms with Crippen LogP contribution in [0.3, 0.4) is 0 Å². The molecule has 1 aliphatic rings. The molecule has 34 heavy (non-hydrogen) atoms. The third kappa shape index (κ3) is 6.72. The highest BCUT2D eigenvalue weighted by Crippen LogP contribution is 2.26. The lowest BCUT2D eigenvalue weighted by molar-refractivity contribution is 0.249. The van der Waals surface area contributed by atoms with Gasteiger partial charge < -0.3 is 16.0 Å². The van der Waals surface area contributed by atoms with Gasteiger partial charge in [0.05, 0.1) is 16.7 Å². The van der Waals surface area contributed by atoms with Gasteiger partial charge in [-0.3, -0.25) is 0 Å². The third-order valence-corrected chi connectivity index (χ3v) is 8.29. The van der Waals surface area contributed by atoms with Crippen molar-refractivity contribution in [1.29, 1.82) is 0 Å². The number of benzene rings is 2. The van der Waals surface area contributed by atoms with Gasteiger partial charge in [0.2, 0.25) is 0 Å². The highest BCUT2D eigenvalue weighted by molar-refractivity contribution is 7.91. The molecule has 0 radical (unpaired) electrons. The standard InChI is InChI=1S/C26H32ClN3O3S/c1-5-20-9-10-22(29-20)15-17(2)16-34(32,33)23-13-11-21(12-14-23)30-26(31)28-19(4)24-8-6-7-18(3)25(24)27/h5-8,11-14,19-20,22,29H,1-2,9-10,15-16H2,3-4H3,(H2,28,30,31). The number of sulfone groups is 1. The van der Waals surface area contributed by atoms with E-state index in [1.54, 1.807) is 12.1 Å². The van der Waals surface area contributed by atoms with Gasteiger partial charge in [-0.15, -0.1) is 6.58 Å². The molecule has 6 nitrogen and oxygen atoms in total. The Hall–Kier alpha value is -2.61. The zero-order chi connectivity index (χ0) is 24.9. The third-order valence-electron chi connectivity index (χ3n) is 6.00. The molecular formula is C26H32ClN3O3S. The van der Waals surface area contributed by atoms with E-state index in [-0.39, 0.29) is 28.8 Å². The molecule has 3 rings (SSSR count). The first-order chi connectivity index (χ1) is 16.1. The van der Waals surface area contributed by atoms with Crippen LogP contribution in [0.1, 0.15) is 43.4 Å². The smallest absolute Gasteiger partial charge is 0.319 e. The number of halogens is 1. The van der Waals surface area contributed by atoms with Crippen molar-refractivity contribution in [3.8, 4) is 0 Å². The highest BCUT2D eigenvalue weighted by Gasteiger charge is 2.24. The van der Waals surface area contributed by atoms with E-state index in [2.05, 4.69) is 29.1 Å². The monoisotopic (exact) mass is 501 g/mol. The second kappa shape index (κ2) is 11.2. The van der Waals surface area contributed by atoms with Gasteiger partial charge in [0.15, 0.2) is 9.84 Å². The predicted octanol–water partition coefficient (Wildman–Crippen LogP) is 5.56. The summed E-state index contributed by atoms with van der Waals surface area (Å²) in [5, 5.41) is 9.63. The second-order valence-corrected chi connectivity index (χ2v) is 11.2. The molecule has 182 valence electrons. The normalized spacial score (nSPS) is 18.8. The van der Waals surface area contributed by atoms with E-state index in [1.165, 1.54) is 12.1 Å². The number of carbonyl (C=O) groups is 1. The van der Waals surface area contributed by atoms with E-state index in [1.807, 2.05) is 38.1 Å². The van der Waals surface area contributed by atoms with Gasteiger partial charge in [0, 0.05) is 22.8 Å². The fourth-order valence-corrected chi connectivity index (χ4v) is 5.81. The van der Waals surface area contributed by atoms with Crippen molar-refractivity contribution in [2.45, 2.75) is 56.1 Å². The van der Waals surface area contributed by atoms with Crippen LogP contribution in [0.25, 0.3) is 0 Å². The Morgan fingerprint density at radius 2 is 1.94 bits per heavy atom. The lowest BCUT2D eigenvalue weighted by atomic mass is 10.1. The van der Waals surface area contributed by atoms with Gasteiger partial charge in [0.1, 0.15) is 0 Å². The van der Waals surface area contributed by atoms with Crippen LogP contribution in [0.5, 0.6) is 0 Å². The largest absolute Gasteiger partial charge is 0.331 e. The number of carbonyl (C=O) groups excluding carboxylic acids is 1. The Kier molecular flexibility index (Phi) is 8.57. The summed E-state index contributed by atoms with van der Waals surface area (Å²) in [4.78, 5) is 12.6. The zero-order valence-electron chi connectivity index (χ0n) is 19.6. The van der Waals surface area contributed by atoms with Crippen molar-refractivity contribution >= 4 is 33.2 Å². The SMILES string of the molecule is C=CC1CCC(CC(=C)CS(=O)(=O)c2ccc(NC(=O)NC(C)c3cccc(C)c3Cl)cc2)N1. The summed E-state index contributed by atoms with van der Waals surface area (Å²) in [7, 11) is -3.52. The molecule has 1 heterocycles. The molecule has 2 aromatic rings. The van der Waals surface area contributed by atoms with Crippen LogP contribution in [0.15, 0.2) is 72.2 Å². The Morgan fingerprint density at radius 1 is 1.24 bits per heavy atom. The molecule has 3 unspecified atom stereocenters. The molecule has 3 N–H and O–H groups in total. The van der Waals surface area contributed by atoms with Crippen LogP contribution in [-0.2, 0) is 9.84 Å². The van der Waals surface area contributed by atoms with Crippen molar-refractivity contribution in [2.24, 2.45) is 0 Å². The van der Waals surface area contributed by atoms with Crippen molar-refractivity contribution in [3.05, 3.63) is 83.4 Å². The van der Waals surface area contributed by atoms with Crippen LogP contribution < -0.4 is 16.0 Å². The van der Waals surface area contributed by atoms with Crippen LogP contribution >= 0.6 is 11.6 Å². The molecule has 1 fully saturated rings. The topological polar surface area (TPSA) is 87.3 Å². The van der Waals surface area contributed by atoms with Gasteiger partial charge in [-0.25, -0.2) is 13.2 Å². The van der Waals surface area contributed by atoms with Crippen molar-refractivity contribution in [3.63, 3.8) is 0 Å². The summed E-state index contributed by atoms with van der Waals surface area (Å²) in [6, 6.07) is 11.6. The first-order valence-corrected chi connectivity index (χ1v) is 13.3. The number of rotatable bonds is 9. The fourth-order valence-electron chi connectivity index (χ4n) is 4.15. The second-order valence-electron chi connectivity index (χ2n) is 8.82. The van der Waals surface area contributed by atoms with Gasteiger partial charge in [-0.2, -0.15) is 0 Å². The summed E-state index contributed by atoms with van der Waals surface area (Å²) in [5.41, 5.74) is 2.93. The summed E-state index contributed by atoms with van der Waals surface area (Å²) in [6.45, 7) is 11.5. The van der Waals surface area contributed by atoms with Crippen LogP contribution in [0.2, 0.25) is 5.02 Å². The van der Waals surface area contributed by atoms with E-state index >= 15 is 0 Å². The summed E-state index contributed by atoms with van der Waals surface area (Å²) >= 11 is 6.35. The Labute approximate surface area is 207 Å². The van der Waals surface area contributed by atoms with Gasteiger partial charge >= 0.3 is 6.03 Å². The molecule has 1 aliphatic heterocycles. The highest BCUT2D eigenvalue weighted by atomic mass is 35.5. The molecule has 8 heteroatoms. The molecule has 2 aromatic carbocycles. The van der Waals surface area contributed by atoms with E-state index in [0.717, 1.165) is 24.0 Å². The van der Waals surface area contributed by atoms with E-state index < -0.39 is 15.9 Å². The maximum atomic E-state index is 12.8. The lowest BCUT2D eigenvalue weighted by Gasteiger charge is -2.17. The number of nitrogens with one attached hydrogen (secondary N) is 3. The zero-order valence-corrected chi connectivity index (χ0v) is 21.2. The molecule has 0 aliphatic carbocycles. The molecule has 0 spiro atoms. The molecule has 0 aromatic heterocycles. The average molecular weight is 502 g/mol. The van der Waals surface area contributed by atoms with Crippen molar-refractivity contribution in [1.82, 2.24) is 10.6 Å². The number of urea groups is 1. The van der Waals surface area contributed by atoms with Gasteiger partial charge in [-0.05, 0) is 68.5 Å². The quantitative estimate of drug-likeness (QED) is 0.393. The lowest BCUT2D eigenvalue weighted by Crippen LogP contribution is -2.31. The summed E-state index contributed by atoms with van der Waals surface area (Å²) < 4.78 is 25.6. The fraction of sp³-hybridized carbons (Fsp3) is 0.346. The number of aryl methyl sites for hydroxylation is 1. The van der Waals surface area contributed by atoms with Crippen molar-refractivity contribution in [2.75, 3.05) is 11.1 Å². The molecule has 0 bridgehead atoms. The number of hydrogen-bond acceptors (Lipinski definition) is 4. The molecule has 1 saturated heterocycles. The van der Waals surface area contributed by atoms with Crippen LogP contribution in [0.4, 0.5) is 10.5 Å². The summed E-state index contributed by atoms with van der Waals surface area (Å²) in [6.07, 6.45) is 4.49. The van der Waals surface area contributed by atoms with Gasteiger partial charge in [0.25, 0.3) is 0 Å². The maximum absolute atomic E-state index is 12.8. The number of amides is 2. The Bertz CT molecular complexity index is 1160. The summed E-state index contributed by atoms with van der Waals surface area (Å²) in [5.74, 6) is -0.105. The Balaban J connectivity index is 1.55.